The van der Waals surface area contributed by atoms with Crippen LogP contribution in [0.4, 0.5) is 11.5 Å². The number of nitrogens with two attached hydrogens (primary N) is 1. The molecule has 2 heterocycles. The highest BCUT2D eigenvalue weighted by Crippen LogP contribution is 2.16. The van der Waals surface area contributed by atoms with Gasteiger partial charge in [-0.1, -0.05) is 12.1 Å². The Kier molecular flexibility index (Phi) is 6.27. The molecule has 2 aromatic rings. The number of ether oxygens (including phenoxy) is 2. The van der Waals surface area contributed by atoms with E-state index in [0.717, 1.165) is 48.7 Å². The third-order valence-electron chi connectivity index (χ3n) is 4.67. The smallest absolute Gasteiger partial charge is 0.332 e. The van der Waals surface area contributed by atoms with Crippen LogP contribution < -0.4 is 21.7 Å². The second-order valence-corrected chi connectivity index (χ2v) is 6.57. The molecule has 0 aliphatic carbocycles. The number of aliphatic imine (C=N–C) groups is 1. The van der Waals surface area contributed by atoms with E-state index in [2.05, 4.69) is 9.89 Å². The van der Waals surface area contributed by atoms with Gasteiger partial charge in [0, 0.05) is 39.9 Å². The first-order valence-corrected chi connectivity index (χ1v) is 9.10. The normalized spacial score (nSPS) is 15.2. The zero-order chi connectivity index (χ0) is 20.1. The van der Waals surface area contributed by atoms with Crippen LogP contribution in [0.5, 0.6) is 5.75 Å². The Morgan fingerprint density at radius 1 is 1.21 bits per heavy atom. The van der Waals surface area contributed by atoms with Gasteiger partial charge in [0.05, 0.1) is 13.2 Å². The number of rotatable bonds is 6. The molecule has 0 amide bonds. The number of aromatic nitrogens is 2. The highest BCUT2D eigenvalue weighted by Gasteiger charge is 2.12. The van der Waals surface area contributed by atoms with E-state index in [1.807, 2.05) is 24.3 Å². The van der Waals surface area contributed by atoms with Crippen LogP contribution in [0.3, 0.4) is 0 Å². The van der Waals surface area contributed by atoms with Crippen LogP contribution >= 0.6 is 0 Å². The Bertz CT molecular complexity index is 973. The summed E-state index contributed by atoms with van der Waals surface area (Å²) in [5.74, 6) is 0.751. The number of benzene rings is 1. The van der Waals surface area contributed by atoms with Gasteiger partial charge < -0.3 is 15.2 Å². The first kappa shape index (κ1) is 19.8. The van der Waals surface area contributed by atoms with Crippen molar-refractivity contribution in [1.82, 2.24) is 14.0 Å². The summed E-state index contributed by atoms with van der Waals surface area (Å²) < 4.78 is 13.3. The van der Waals surface area contributed by atoms with Gasteiger partial charge in [-0.25, -0.2) is 9.79 Å². The number of nitrogens with zero attached hydrogens (tertiary/aromatic N) is 4. The van der Waals surface area contributed by atoms with Crippen LogP contribution in [-0.2, 0) is 18.8 Å². The molecule has 1 aromatic heterocycles. The number of hydrogen-bond acceptors (Lipinski definition) is 7. The lowest BCUT2D eigenvalue weighted by Gasteiger charge is -2.26. The molecule has 1 aliphatic rings. The fraction of sp³-hybridized carbons (Fsp3) is 0.421. The molecule has 28 heavy (non-hydrogen) atoms. The molecule has 0 radical (unpaired) electrons. The molecule has 9 heteroatoms. The molecule has 1 fully saturated rings. The summed E-state index contributed by atoms with van der Waals surface area (Å²) in [6.45, 7) is 4.79. The highest BCUT2D eigenvalue weighted by molar-refractivity contribution is 5.83. The first-order chi connectivity index (χ1) is 13.5. The SMILES string of the molecule is Cn1c(N)c(N=Cc2cccc(OCCN3CCOCC3)c2)c(=O)n(C)c1=O. The first-order valence-electron chi connectivity index (χ1n) is 9.10. The average Bonchev–Trinajstić information content (AvgIpc) is 2.72. The molecule has 150 valence electrons. The highest BCUT2D eigenvalue weighted by atomic mass is 16.5. The van der Waals surface area contributed by atoms with Gasteiger partial charge in [-0.05, 0) is 17.7 Å². The van der Waals surface area contributed by atoms with Crippen molar-refractivity contribution in [1.29, 1.82) is 0 Å². The summed E-state index contributed by atoms with van der Waals surface area (Å²) in [7, 11) is 2.89. The molecule has 0 atom stereocenters. The van der Waals surface area contributed by atoms with Gasteiger partial charge in [0.2, 0.25) is 0 Å². The summed E-state index contributed by atoms with van der Waals surface area (Å²) >= 11 is 0. The fourth-order valence-corrected chi connectivity index (χ4v) is 2.90. The summed E-state index contributed by atoms with van der Waals surface area (Å²) in [6.07, 6.45) is 1.53. The minimum Gasteiger partial charge on any atom is -0.492 e. The van der Waals surface area contributed by atoms with Crippen molar-refractivity contribution in [2.24, 2.45) is 19.1 Å². The van der Waals surface area contributed by atoms with Crippen molar-refractivity contribution >= 4 is 17.7 Å². The van der Waals surface area contributed by atoms with Gasteiger partial charge >= 0.3 is 5.69 Å². The van der Waals surface area contributed by atoms with E-state index in [1.165, 1.54) is 24.9 Å². The maximum absolute atomic E-state index is 12.3. The van der Waals surface area contributed by atoms with Crippen LogP contribution in [0.2, 0.25) is 0 Å². The molecule has 3 rings (SSSR count). The Morgan fingerprint density at radius 3 is 2.71 bits per heavy atom. The lowest BCUT2D eigenvalue weighted by atomic mass is 10.2. The van der Waals surface area contributed by atoms with E-state index in [-0.39, 0.29) is 11.5 Å². The van der Waals surface area contributed by atoms with Gasteiger partial charge in [-0.3, -0.25) is 18.8 Å². The predicted octanol–water partition coefficient (Wildman–Crippen LogP) is 0.128. The Labute approximate surface area is 162 Å². The molecule has 0 saturated carbocycles. The molecule has 1 aromatic carbocycles. The van der Waals surface area contributed by atoms with Crippen molar-refractivity contribution < 1.29 is 9.47 Å². The molecule has 2 N–H and O–H groups in total. The van der Waals surface area contributed by atoms with Gasteiger partial charge in [-0.2, -0.15) is 0 Å². The topological polar surface area (TPSA) is 104 Å². The second-order valence-electron chi connectivity index (χ2n) is 6.57. The molecule has 9 nitrogen and oxygen atoms in total. The van der Waals surface area contributed by atoms with E-state index in [1.54, 1.807) is 0 Å². The molecule has 1 aliphatic heterocycles. The standard InChI is InChI=1S/C19H25N5O4/c1-22-17(20)16(18(25)23(2)19(22)26)21-13-14-4-3-5-15(12-14)28-11-8-24-6-9-27-10-7-24/h3-5,12-13H,6-11,20H2,1-2H3. The van der Waals surface area contributed by atoms with Crippen LogP contribution in [0, 0.1) is 0 Å². The van der Waals surface area contributed by atoms with Crippen molar-refractivity contribution in [3.8, 4) is 5.75 Å². The zero-order valence-corrected chi connectivity index (χ0v) is 16.1. The minimum absolute atomic E-state index is 0.0299. The molecule has 0 spiro atoms. The monoisotopic (exact) mass is 387 g/mol. The van der Waals surface area contributed by atoms with Crippen molar-refractivity contribution in [2.45, 2.75) is 0 Å². The lowest BCUT2D eigenvalue weighted by molar-refractivity contribution is 0.0322. The van der Waals surface area contributed by atoms with E-state index in [0.29, 0.717) is 6.61 Å². The van der Waals surface area contributed by atoms with E-state index in [9.17, 15) is 9.59 Å². The molecule has 0 unspecified atom stereocenters. The number of morpholine rings is 1. The third kappa shape index (κ3) is 4.49. The average molecular weight is 387 g/mol. The van der Waals surface area contributed by atoms with Crippen LogP contribution in [0.15, 0.2) is 38.8 Å². The van der Waals surface area contributed by atoms with E-state index >= 15 is 0 Å². The largest absolute Gasteiger partial charge is 0.492 e. The predicted molar refractivity (Wildman–Crippen MR) is 108 cm³/mol. The molecular weight excluding hydrogens is 362 g/mol. The summed E-state index contributed by atoms with van der Waals surface area (Å²) in [6, 6.07) is 7.41. The van der Waals surface area contributed by atoms with Gasteiger partial charge in [-0.15, -0.1) is 0 Å². The Hall–Kier alpha value is -2.91. The number of hydrogen-bond donors (Lipinski definition) is 1. The zero-order valence-electron chi connectivity index (χ0n) is 16.1. The van der Waals surface area contributed by atoms with Gasteiger partial charge in [0.25, 0.3) is 5.56 Å². The molecule has 1 saturated heterocycles. The summed E-state index contributed by atoms with van der Waals surface area (Å²) in [5, 5.41) is 0. The van der Waals surface area contributed by atoms with E-state index < -0.39 is 11.2 Å². The summed E-state index contributed by atoms with van der Waals surface area (Å²) in [4.78, 5) is 30.6. The number of anilines is 1. The Morgan fingerprint density at radius 2 is 1.96 bits per heavy atom. The van der Waals surface area contributed by atoms with Gasteiger partial charge in [0.15, 0.2) is 5.69 Å². The van der Waals surface area contributed by atoms with Crippen LogP contribution in [0.25, 0.3) is 0 Å². The van der Waals surface area contributed by atoms with Crippen molar-refractivity contribution in [2.75, 3.05) is 45.2 Å². The van der Waals surface area contributed by atoms with Crippen molar-refractivity contribution in [3.05, 3.63) is 50.7 Å². The maximum atomic E-state index is 12.3. The third-order valence-corrected chi connectivity index (χ3v) is 4.67. The fourth-order valence-electron chi connectivity index (χ4n) is 2.90. The lowest BCUT2D eigenvalue weighted by Crippen LogP contribution is -2.38. The Balaban J connectivity index is 1.69. The summed E-state index contributed by atoms with van der Waals surface area (Å²) in [5.41, 5.74) is 5.65. The van der Waals surface area contributed by atoms with E-state index in [4.69, 9.17) is 15.2 Å². The maximum Gasteiger partial charge on any atom is 0.332 e. The quantitative estimate of drug-likeness (QED) is 0.707. The van der Waals surface area contributed by atoms with Crippen molar-refractivity contribution in [3.63, 3.8) is 0 Å². The second kappa shape index (κ2) is 8.85. The van der Waals surface area contributed by atoms with Crippen LogP contribution in [0.1, 0.15) is 5.56 Å². The number of nitrogen functional groups attached to an aromatic ring is 1. The minimum atomic E-state index is -0.533. The van der Waals surface area contributed by atoms with Crippen LogP contribution in [-0.4, -0.2) is 59.7 Å². The molecule has 0 bridgehead atoms. The molecular formula is C19H25N5O4. The van der Waals surface area contributed by atoms with Gasteiger partial charge in [0.1, 0.15) is 18.2 Å².